The number of nitrogens with one attached hydrogen (secondary N) is 1. The van der Waals surface area contributed by atoms with Crippen molar-refractivity contribution in [2.75, 3.05) is 5.32 Å². The normalized spacial score (nSPS) is 12.0. The molecule has 1 rings (SSSR count). The van der Waals surface area contributed by atoms with E-state index in [9.17, 15) is 27.2 Å². The van der Waals surface area contributed by atoms with Crippen molar-refractivity contribution in [3.8, 4) is 0 Å². The maximum absolute atomic E-state index is 13.6. The summed E-state index contributed by atoms with van der Waals surface area (Å²) in [4.78, 5) is 22.3. The Balaban J connectivity index is 3.24. The summed E-state index contributed by atoms with van der Waals surface area (Å²) in [6.07, 6.45) is -6.21. The number of carboxylic acid groups (broad SMARTS) is 1. The van der Waals surface area contributed by atoms with E-state index in [2.05, 4.69) is 0 Å². The number of halogens is 4. The van der Waals surface area contributed by atoms with Crippen LogP contribution in [0.2, 0.25) is 0 Å². The molecule has 0 aliphatic heterocycles. The van der Waals surface area contributed by atoms with Gasteiger partial charge in [0.25, 0.3) is 0 Å². The molecule has 1 aromatic carbocycles. The van der Waals surface area contributed by atoms with Crippen molar-refractivity contribution >= 4 is 17.7 Å². The minimum atomic E-state index is -5.11. The van der Waals surface area contributed by atoms with E-state index < -0.39 is 46.5 Å². The lowest BCUT2D eigenvalue weighted by Crippen LogP contribution is -2.27. The highest BCUT2D eigenvalue weighted by molar-refractivity contribution is 5.92. The number of ether oxygens (including phenoxy) is 1. The third-order valence-corrected chi connectivity index (χ3v) is 2.25. The summed E-state index contributed by atoms with van der Waals surface area (Å²) in [5, 5.41) is 10.7. The predicted octanol–water partition coefficient (Wildman–Crippen LogP) is 3.89. The molecule has 0 aliphatic carbocycles. The van der Waals surface area contributed by atoms with E-state index in [0.717, 1.165) is 0 Å². The fraction of sp³-hybridized carbons (Fsp3) is 0.385. The number of alkyl halides is 3. The monoisotopic (exact) mass is 323 g/mol. The van der Waals surface area contributed by atoms with Crippen LogP contribution in [-0.2, 0) is 10.9 Å². The largest absolute Gasteiger partial charge is 0.478 e. The Kier molecular flexibility index (Phi) is 4.69. The fourth-order valence-corrected chi connectivity index (χ4v) is 1.48. The first-order valence-electron chi connectivity index (χ1n) is 5.95. The number of benzene rings is 1. The predicted molar refractivity (Wildman–Crippen MR) is 68.2 cm³/mol. The van der Waals surface area contributed by atoms with Gasteiger partial charge in [-0.05, 0) is 32.9 Å². The smallest absolute Gasteiger partial charge is 0.419 e. The van der Waals surface area contributed by atoms with Crippen LogP contribution in [0, 0.1) is 5.82 Å². The molecule has 0 saturated carbocycles. The summed E-state index contributed by atoms with van der Waals surface area (Å²) in [6.45, 7) is 4.59. The zero-order chi connectivity index (χ0) is 17.3. The van der Waals surface area contributed by atoms with Crippen LogP contribution in [0.4, 0.5) is 28.0 Å². The lowest BCUT2D eigenvalue weighted by Gasteiger charge is -2.20. The number of amides is 1. The molecule has 0 spiro atoms. The number of hydrogen-bond acceptors (Lipinski definition) is 3. The highest BCUT2D eigenvalue weighted by atomic mass is 19.4. The molecule has 122 valence electrons. The standard InChI is InChI=1S/C13H13F4NO4/c1-12(2,3)22-11(21)18-6-4-7(10(19)20)9(14)8(5-6)13(15,16)17/h4-5H,1-3H3,(H,18,21)(H,19,20). The molecule has 0 bridgehead atoms. The van der Waals surface area contributed by atoms with Crippen molar-refractivity contribution in [2.45, 2.75) is 32.5 Å². The van der Waals surface area contributed by atoms with Gasteiger partial charge < -0.3 is 9.84 Å². The van der Waals surface area contributed by atoms with Crippen molar-refractivity contribution in [1.29, 1.82) is 0 Å². The number of anilines is 1. The highest BCUT2D eigenvalue weighted by Gasteiger charge is 2.37. The van der Waals surface area contributed by atoms with Crippen molar-refractivity contribution in [1.82, 2.24) is 0 Å². The van der Waals surface area contributed by atoms with Crippen molar-refractivity contribution < 1.29 is 37.0 Å². The molecule has 0 aliphatic rings. The second-order valence-corrected chi connectivity index (χ2v) is 5.32. The second kappa shape index (κ2) is 5.82. The van der Waals surface area contributed by atoms with Crippen LogP contribution in [0.5, 0.6) is 0 Å². The minimum absolute atomic E-state index is 0.297. The van der Waals surface area contributed by atoms with Gasteiger partial charge in [-0.3, -0.25) is 5.32 Å². The average molecular weight is 323 g/mol. The molecule has 0 atom stereocenters. The minimum Gasteiger partial charge on any atom is -0.478 e. The summed E-state index contributed by atoms with van der Waals surface area (Å²) in [5.41, 5.74) is -4.45. The van der Waals surface area contributed by atoms with Crippen LogP contribution in [0.25, 0.3) is 0 Å². The number of carbonyl (C=O) groups is 2. The van der Waals surface area contributed by atoms with Crippen LogP contribution in [0.1, 0.15) is 36.7 Å². The molecule has 1 amide bonds. The van der Waals surface area contributed by atoms with E-state index in [-0.39, 0.29) is 0 Å². The van der Waals surface area contributed by atoms with Gasteiger partial charge in [0.15, 0.2) is 0 Å². The number of carbonyl (C=O) groups excluding carboxylic acids is 1. The van der Waals surface area contributed by atoms with Crippen LogP contribution in [-0.4, -0.2) is 22.8 Å². The van der Waals surface area contributed by atoms with Gasteiger partial charge in [-0.2, -0.15) is 13.2 Å². The van der Waals surface area contributed by atoms with Gasteiger partial charge in [-0.25, -0.2) is 14.0 Å². The zero-order valence-electron chi connectivity index (χ0n) is 11.8. The zero-order valence-corrected chi connectivity index (χ0v) is 11.8. The molecule has 1 aromatic rings. The summed E-state index contributed by atoms with van der Waals surface area (Å²) >= 11 is 0. The van der Waals surface area contributed by atoms with Gasteiger partial charge >= 0.3 is 18.2 Å². The van der Waals surface area contributed by atoms with E-state index in [1.54, 1.807) is 0 Å². The van der Waals surface area contributed by atoms with Gasteiger partial charge in [0.1, 0.15) is 11.4 Å². The summed E-state index contributed by atoms with van der Waals surface area (Å²) in [6, 6.07) is 0.877. The van der Waals surface area contributed by atoms with Crippen molar-refractivity contribution in [3.05, 3.63) is 29.1 Å². The van der Waals surface area contributed by atoms with Crippen LogP contribution in [0.15, 0.2) is 12.1 Å². The number of rotatable bonds is 2. The van der Waals surface area contributed by atoms with Crippen LogP contribution < -0.4 is 5.32 Å². The van der Waals surface area contributed by atoms with E-state index >= 15 is 0 Å². The Morgan fingerprint density at radius 3 is 2.14 bits per heavy atom. The maximum Gasteiger partial charge on any atom is 0.419 e. The topological polar surface area (TPSA) is 75.6 Å². The van der Waals surface area contributed by atoms with Gasteiger partial charge in [-0.15, -0.1) is 0 Å². The number of hydrogen-bond donors (Lipinski definition) is 2. The average Bonchev–Trinajstić information content (AvgIpc) is 2.26. The first-order valence-corrected chi connectivity index (χ1v) is 5.95. The quantitative estimate of drug-likeness (QED) is 0.810. The summed E-state index contributed by atoms with van der Waals surface area (Å²) in [5.74, 6) is -3.81. The molecule has 22 heavy (non-hydrogen) atoms. The Morgan fingerprint density at radius 1 is 1.18 bits per heavy atom. The Labute approximate surface area is 122 Å². The van der Waals surface area contributed by atoms with Crippen LogP contribution >= 0.6 is 0 Å². The molecule has 0 aromatic heterocycles. The molecule has 0 radical (unpaired) electrons. The van der Waals surface area contributed by atoms with E-state index in [1.807, 2.05) is 5.32 Å². The number of aromatic carboxylic acids is 1. The lowest BCUT2D eigenvalue weighted by atomic mass is 10.1. The maximum atomic E-state index is 13.6. The molecule has 0 saturated heterocycles. The fourth-order valence-electron chi connectivity index (χ4n) is 1.48. The van der Waals surface area contributed by atoms with Gasteiger partial charge in [0.2, 0.25) is 0 Å². The van der Waals surface area contributed by atoms with Gasteiger partial charge in [-0.1, -0.05) is 0 Å². The third kappa shape index (κ3) is 4.61. The van der Waals surface area contributed by atoms with Crippen molar-refractivity contribution in [3.63, 3.8) is 0 Å². The molecule has 2 N–H and O–H groups in total. The SMILES string of the molecule is CC(C)(C)OC(=O)Nc1cc(C(=O)O)c(F)c(C(F)(F)F)c1. The molecule has 0 unspecified atom stereocenters. The molecule has 9 heteroatoms. The van der Waals surface area contributed by atoms with Crippen LogP contribution in [0.3, 0.4) is 0 Å². The van der Waals surface area contributed by atoms with E-state index in [1.165, 1.54) is 20.8 Å². The molecule has 0 heterocycles. The molecule has 0 fully saturated rings. The van der Waals surface area contributed by atoms with Crippen molar-refractivity contribution in [2.24, 2.45) is 0 Å². The molecular formula is C13H13F4NO4. The summed E-state index contributed by atoms with van der Waals surface area (Å²) in [7, 11) is 0. The van der Waals surface area contributed by atoms with Gasteiger partial charge in [0, 0.05) is 5.69 Å². The Bertz CT molecular complexity index is 605. The summed E-state index contributed by atoms with van der Waals surface area (Å²) < 4.78 is 56.5. The lowest BCUT2D eigenvalue weighted by molar-refractivity contribution is -0.140. The highest BCUT2D eigenvalue weighted by Crippen LogP contribution is 2.34. The second-order valence-electron chi connectivity index (χ2n) is 5.32. The van der Waals surface area contributed by atoms with E-state index in [0.29, 0.717) is 12.1 Å². The first kappa shape index (κ1) is 17.7. The third-order valence-electron chi connectivity index (χ3n) is 2.25. The van der Waals surface area contributed by atoms with Gasteiger partial charge in [0.05, 0.1) is 11.1 Å². The molecule has 5 nitrogen and oxygen atoms in total. The Morgan fingerprint density at radius 2 is 1.73 bits per heavy atom. The first-order chi connectivity index (χ1) is 9.81. The number of carboxylic acids is 1. The Hall–Kier alpha value is -2.32. The molecular weight excluding hydrogens is 310 g/mol. The van der Waals surface area contributed by atoms with E-state index in [4.69, 9.17) is 9.84 Å².